The van der Waals surface area contributed by atoms with E-state index in [0.717, 1.165) is 24.1 Å². The Morgan fingerprint density at radius 3 is 2.83 bits per heavy atom. The summed E-state index contributed by atoms with van der Waals surface area (Å²) in [7, 11) is 2.00. The van der Waals surface area contributed by atoms with Crippen LogP contribution in [0.5, 0.6) is 0 Å². The molecule has 0 radical (unpaired) electrons. The third kappa shape index (κ3) is 2.01. The van der Waals surface area contributed by atoms with Gasteiger partial charge in [0.2, 0.25) is 0 Å². The van der Waals surface area contributed by atoms with Gasteiger partial charge in [0, 0.05) is 18.6 Å². The maximum absolute atomic E-state index is 4.64. The normalized spacial score (nSPS) is 27.8. The van der Waals surface area contributed by atoms with Gasteiger partial charge in [-0.25, -0.2) is 0 Å². The Bertz CT molecular complexity index is 397. The molecule has 1 aliphatic carbocycles. The van der Waals surface area contributed by atoms with Crippen molar-refractivity contribution in [1.82, 2.24) is 10.3 Å². The van der Waals surface area contributed by atoms with Gasteiger partial charge in [-0.2, -0.15) is 0 Å². The second-order valence-electron chi connectivity index (χ2n) is 5.68. The highest BCUT2D eigenvalue weighted by Crippen LogP contribution is 2.39. The average molecular weight is 245 g/mol. The third-order valence-electron chi connectivity index (χ3n) is 4.63. The van der Waals surface area contributed by atoms with Gasteiger partial charge >= 0.3 is 0 Å². The van der Waals surface area contributed by atoms with E-state index in [1.807, 2.05) is 7.05 Å². The number of rotatable bonds is 4. The molecule has 0 aromatic carbocycles. The Balaban J connectivity index is 1.75. The number of piperidine rings is 1. The van der Waals surface area contributed by atoms with Crippen LogP contribution in [0.1, 0.15) is 44.3 Å². The molecular formula is C15H23N3. The molecule has 1 aliphatic heterocycles. The first-order chi connectivity index (χ1) is 8.81. The number of nitrogens with one attached hydrogen (secondary N) is 1. The molecule has 3 atom stereocenters. The minimum absolute atomic E-state index is 0.383. The van der Waals surface area contributed by atoms with Gasteiger partial charge in [0.1, 0.15) is 0 Å². The summed E-state index contributed by atoms with van der Waals surface area (Å²) in [6, 6.07) is 5.61. The lowest BCUT2D eigenvalue weighted by Gasteiger charge is -2.29. The first-order valence-electron chi connectivity index (χ1n) is 7.21. The van der Waals surface area contributed by atoms with Crippen LogP contribution in [0, 0.1) is 5.92 Å². The van der Waals surface area contributed by atoms with Crippen LogP contribution in [-0.4, -0.2) is 24.6 Å². The van der Waals surface area contributed by atoms with Gasteiger partial charge in [-0.05, 0) is 50.8 Å². The van der Waals surface area contributed by atoms with Crippen molar-refractivity contribution in [2.45, 2.75) is 44.7 Å². The Labute approximate surface area is 110 Å². The number of fused-ring (bicyclic) bond motifs is 2. The van der Waals surface area contributed by atoms with E-state index in [0.29, 0.717) is 6.04 Å². The molecule has 2 aliphatic rings. The van der Waals surface area contributed by atoms with Crippen LogP contribution in [0.25, 0.3) is 0 Å². The zero-order valence-electron chi connectivity index (χ0n) is 11.4. The van der Waals surface area contributed by atoms with Gasteiger partial charge in [0.05, 0.1) is 17.6 Å². The molecular weight excluding hydrogens is 222 g/mol. The fourth-order valence-electron chi connectivity index (χ4n) is 3.58. The summed E-state index contributed by atoms with van der Waals surface area (Å²) in [5.41, 5.74) is 2.48. The largest absolute Gasteiger partial charge is 0.367 e. The Kier molecular flexibility index (Phi) is 3.25. The van der Waals surface area contributed by atoms with E-state index in [2.05, 4.69) is 40.5 Å². The van der Waals surface area contributed by atoms with Crippen LogP contribution in [0.4, 0.5) is 5.69 Å². The molecule has 98 valence electrons. The van der Waals surface area contributed by atoms with Crippen LogP contribution in [0.15, 0.2) is 18.3 Å². The summed E-state index contributed by atoms with van der Waals surface area (Å²) in [4.78, 5) is 7.21. The number of nitrogens with zero attached hydrogens (tertiary/aromatic N) is 2. The monoisotopic (exact) mass is 245 g/mol. The van der Waals surface area contributed by atoms with E-state index in [-0.39, 0.29) is 0 Å². The molecule has 1 aromatic rings. The minimum atomic E-state index is 0.383. The molecule has 2 fully saturated rings. The van der Waals surface area contributed by atoms with Crippen molar-refractivity contribution in [3.8, 4) is 0 Å². The lowest BCUT2D eigenvalue weighted by molar-refractivity contribution is 0.549. The lowest BCUT2D eigenvalue weighted by atomic mass is 10.1. The topological polar surface area (TPSA) is 28.2 Å². The molecule has 1 saturated heterocycles. The summed E-state index contributed by atoms with van der Waals surface area (Å²) >= 11 is 0. The minimum Gasteiger partial charge on any atom is -0.367 e. The van der Waals surface area contributed by atoms with E-state index in [4.69, 9.17) is 0 Å². The van der Waals surface area contributed by atoms with Gasteiger partial charge in [-0.15, -0.1) is 0 Å². The van der Waals surface area contributed by atoms with Gasteiger partial charge in [-0.1, -0.05) is 6.92 Å². The number of anilines is 1. The summed E-state index contributed by atoms with van der Waals surface area (Å²) in [6.07, 6.45) is 7.36. The number of aromatic nitrogens is 1. The molecule has 3 unspecified atom stereocenters. The quantitative estimate of drug-likeness (QED) is 0.884. The molecule has 3 heteroatoms. The van der Waals surface area contributed by atoms with Crippen molar-refractivity contribution in [2.75, 3.05) is 18.5 Å². The Hall–Kier alpha value is -1.09. The highest BCUT2D eigenvalue weighted by atomic mass is 15.2. The SMILES string of the molecule is CCC(NC)c1ccc(N2CC3CCC2C3)cn1. The zero-order valence-corrected chi connectivity index (χ0v) is 11.4. The molecule has 3 nitrogen and oxygen atoms in total. The molecule has 2 bridgehead atoms. The lowest BCUT2D eigenvalue weighted by Crippen LogP contribution is -2.31. The molecule has 3 rings (SSSR count). The van der Waals surface area contributed by atoms with Crippen LogP contribution >= 0.6 is 0 Å². The number of hydrogen-bond donors (Lipinski definition) is 1. The van der Waals surface area contributed by atoms with E-state index < -0.39 is 0 Å². The first-order valence-corrected chi connectivity index (χ1v) is 7.21. The molecule has 1 saturated carbocycles. The summed E-state index contributed by atoms with van der Waals surface area (Å²) in [5.74, 6) is 0.940. The van der Waals surface area contributed by atoms with Crippen molar-refractivity contribution in [2.24, 2.45) is 5.92 Å². The van der Waals surface area contributed by atoms with Crippen molar-refractivity contribution >= 4 is 5.69 Å². The second kappa shape index (κ2) is 4.88. The maximum atomic E-state index is 4.64. The van der Waals surface area contributed by atoms with E-state index in [9.17, 15) is 0 Å². The van der Waals surface area contributed by atoms with Crippen molar-refractivity contribution < 1.29 is 0 Å². The van der Waals surface area contributed by atoms with E-state index >= 15 is 0 Å². The van der Waals surface area contributed by atoms with Gasteiger partial charge in [0.25, 0.3) is 0 Å². The summed E-state index contributed by atoms with van der Waals surface area (Å²) in [6.45, 7) is 3.44. The van der Waals surface area contributed by atoms with Crippen LogP contribution in [-0.2, 0) is 0 Å². The Morgan fingerprint density at radius 1 is 1.44 bits per heavy atom. The van der Waals surface area contributed by atoms with Crippen LogP contribution in [0.2, 0.25) is 0 Å². The summed E-state index contributed by atoms with van der Waals surface area (Å²) in [5, 5.41) is 3.31. The van der Waals surface area contributed by atoms with Crippen molar-refractivity contribution in [1.29, 1.82) is 0 Å². The number of hydrogen-bond acceptors (Lipinski definition) is 3. The van der Waals surface area contributed by atoms with E-state index in [1.54, 1.807) is 0 Å². The molecule has 0 amide bonds. The third-order valence-corrected chi connectivity index (χ3v) is 4.63. The predicted octanol–water partition coefficient (Wildman–Crippen LogP) is 2.74. The second-order valence-corrected chi connectivity index (χ2v) is 5.68. The van der Waals surface area contributed by atoms with Crippen LogP contribution in [0.3, 0.4) is 0 Å². The Morgan fingerprint density at radius 2 is 2.33 bits per heavy atom. The highest BCUT2D eigenvalue weighted by Gasteiger charge is 2.37. The molecule has 1 N–H and O–H groups in total. The molecule has 1 aromatic heterocycles. The molecule has 18 heavy (non-hydrogen) atoms. The van der Waals surface area contributed by atoms with Gasteiger partial charge in [-0.3, -0.25) is 4.98 Å². The van der Waals surface area contributed by atoms with Crippen LogP contribution < -0.4 is 10.2 Å². The fraction of sp³-hybridized carbons (Fsp3) is 0.667. The average Bonchev–Trinajstić information content (AvgIpc) is 3.03. The van der Waals surface area contributed by atoms with Crippen molar-refractivity contribution in [3.63, 3.8) is 0 Å². The predicted molar refractivity (Wildman–Crippen MR) is 74.8 cm³/mol. The van der Waals surface area contributed by atoms with Gasteiger partial charge in [0.15, 0.2) is 0 Å². The fourth-order valence-corrected chi connectivity index (χ4v) is 3.58. The molecule has 0 spiro atoms. The number of pyridine rings is 1. The maximum Gasteiger partial charge on any atom is 0.0574 e. The summed E-state index contributed by atoms with van der Waals surface area (Å²) < 4.78 is 0. The smallest absolute Gasteiger partial charge is 0.0574 e. The van der Waals surface area contributed by atoms with Gasteiger partial charge < -0.3 is 10.2 Å². The first kappa shape index (κ1) is 12.0. The zero-order chi connectivity index (χ0) is 12.5. The highest BCUT2D eigenvalue weighted by molar-refractivity contribution is 5.48. The van der Waals surface area contributed by atoms with Crippen molar-refractivity contribution in [3.05, 3.63) is 24.0 Å². The van der Waals surface area contributed by atoms with E-state index in [1.165, 1.54) is 31.5 Å². The molecule has 2 heterocycles. The standard InChI is InChI=1S/C15H23N3/c1-3-14(16-2)15-7-6-13(9-17-15)18-10-11-4-5-12(18)8-11/h6-7,9,11-12,14,16H,3-5,8,10H2,1-2H3.